The van der Waals surface area contributed by atoms with Crippen molar-refractivity contribution in [2.24, 2.45) is 0 Å². The highest BCUT2D eigenvalue weighted by Gasteiger charge is 2.28. The van der Waals surface area contributed by atoms with E-state index in [1.807, 2.05) is 0 Å². The Kier molecular flexibility index (Phi) is 4.62. The second kappa shape index (κ2) is 6.37. The second-order valence-corrected chi connectivity index (χ2v) is 9.16. The molecular formula is C16H23N3O2S2. The lowest BCUT2D eigenvalue weighted by molar-refractivity contribution is 0.314. The topological polar surface area (TPSA) is 53.5 Å². The zero-order valence-corrected chi connectivity index (χ0v) is 15.5. The molecular weight excluding hydrogens is 330 g/mol. The van der Waals surface area contributed by atoms with E-state index in [0.717, 1.165) is 43.0 Å². The number of piperidine rings is 1. The van der Waals surface area contributed by atoms with E-state index in [4.69, 9.17) is 4.98 Å². The van der Waals surface area contributed by atoms with Gasteiger partial charge in [0.2, 0.25) is 10.0 Å². The summed E-state index contributed by atoms with van der Waals surface area (Å²) in [5.74, 6) is 0. The summed E-state index contributed by atoms with van der Waals surface area (Å²) >= 11 is 1.73. The van der Waals surface area contributed by atoms with Crippen LogP contribution in [0.5, 0.6) is 0 Å². The lowest BCUT2D eigenvalue weighted by Gasteiger charge is -2.35. The van der Waals surface area contributed by atoms with Crippen LogP contribution in [0.15, 0.2) is 18.2 Å². The van der Waals surface area contributed by atoms with Gasteiger partial charge in [-0.2, -0.15) is 0 Å². The van der Waals surface area contributed by atoms with E-state index in [0.29, 0.717) is 0 Å². The van der Waals surface area contributed by atoms with Gasteiger partial charge in [0.1, 0.15) is 0 Å². The van der Waals surface area contributed by atoms with Gasteiger partial charge >= 0.3 is 0 Å². The van der Waals surface area contributed by atoms with Crippen molar-refractivity contribution in [1.29, 1.82) is 0 Å². The second-order valence-electron chi connectivity index (χ2n) is 6.11. The molecule has 1 saturated heterocycles. The van der Waals surface area contributed by atoms with Crippen LogP contribution in [0, 0.1) is 0 Å². The van der Waals surface area contributed by atoms with Gasteiger partial charge < -0.3 is 4.90 Å². The molecule has 7 heteroatoms. The zero-order valence-electron chi connectivity index (χ0n) is 13.8. The van der Waals surface area contributed by atoms with Gasteiger partial charge in [0.25, 0.3) is 0 Å². The molecule has 0 atom stereocenters. The summed E-state index contributed by atoms with van der Waals surface area (Å²) in [6.45, 7) is 3.86. The van der Waals surface area contributed by atoms with Crippen LogP contribution in [-0.2, 0) is 16.4 Å². The van der Waals surface area contributed by atoms with Crippen LogP contribution < -0.4 is 4.90 Å². The summed E-state index contributed by atoms with van der Waals surface area (Å²) in [5.41, 5.74) is 2.40. The number of fused-ring (bicyclic) bond motifs is 1. The average Bonchev–Trinajstić information content (AvgIpc) is 2.97. The first kappa shape index (κ1) is 16.7. The highest BCUT2D eigenvalue weighted by molar-refractivity contribution is 7.88. The minimum absolute atomic E-state index is 0.0989. The number of benzene rings is 1. The van der Waals surface area contributed by atoms with Gasteiger partial charge in [-0.1, -0.05) is 30.4 Å². The zero-order chi connectivity index (χ0) is 16.6. The van der Waals surface area contributed by atoms with Crippen molar-refractivity contribution >= 4 is 36.7 Å². The maximum absolute atomic E-state index is 11.7. The summed E-state index contributed by atoms with van der Waals surface area (Å²) in [4.78, 5) is 7.13. The number of para-hydroxylation sites is 1. The SMILES string of the molecule is CCc1cccc2sc(N3CCC(N(C)S(C)(=O)=O)CC3)nc12. The molecule has 0 aliphatic carbocycles. The standard InChI is InChI=1S/C16H23N3O2S2/c1-4-12-6-5-7-14-15(12)17-16(22-14)19-10-8-13(9-11-19)18(2)23(3,20)21/h5-7,13H,4,8-11H2,1-3H3. The highest BCUT2D eigenvalue weighted by atomic mass is 32.2. The maximum Gasteiger partial charge on any atom is 0.211 e. The Morgan fingerprint density at radius 2 is 2.04 bits per heavy atom. The van der Waals surface area contributed by atoms with Crippen molar-refractivity contribution in [2.45, 2.75) is 32.2 Å². The summed E-state index contributed by atoms with van der Waals surface area (Å²) in [6, 6.07) is 6.46. The first-order chi connectivity index (χ1) is 10.9. The third kappa shape index (κ3) is 3.36. The summed E-state index contributed by atoms with van der Waals surface area (Å²) < 4.78 is 26.1. The first-order valence-corrected chi connectivity index (χ1v) is 10.6. The van der Waals surface area contributed by atoms with E-state index in [-0.39, 0.29) is 6.04 Å². The molecule has 0 radical (unpaired) electrons. The molecule has 0 amide bonds. The number of nitrogens with zero attached hydrogens (tertiary/aromatic N) is 3. The highest BCUT2D eigenvalue weighted by Crippen LogP contribution is 2.32. The number of hydrogen-bond donors (Lipinski definition) is 0. The molecule has 1 aliphatic rings. The van der Waals surface area contributed by atoms with Crippen LogP contribution in [0.3, 0.4) is 0 Å². The van der Waals surface area contributed by atoms with Gasteiger partial charge in [0.15, 0.2) is 5.13 Å². The van der Waals surface area contributed by atoms with Crippen molar-refractivity contribution in [3.8, 4) is 0 Å². The molecule has 23 heavy (non-hydrogen) atoms. The smallest absolute Gasteiger partial charge is 0.211 e. The molecule has 5 nitrogen and oxygen atoms in total. The lowest BCUT2D eigenvalue weighted by Crippen LogP contribution is -2.45. The van der Waals surface area contributed by atoms with Gasteiger partial charge in [0, 0.05) is 26.2 Å². The van der Waals surface area contributed by atoms with E-state index in [2.05, 4.69) is 30.0 Å². The molecule has 0 bridgehead atoms. The molecule has 1 fully saturated rings. The molecule has 0 spiro atoms. The summed E-state index contributed by atoms with van der Waals surface area (Å²) in [5, 5.41) is 1.06. The number of sulfonamides is 1. The fourth-order valence-electron chi connectivity index (χ4n) is 3.11. The molecule has 2 aromatic rings. The number of thiazole rings is 1. The van der Waals surface area contributed by atoms with E-state index in [9.17, 15) is 8.42 Å². The normalized spacial score (nSPS) is 17.3. The Hall–Kier alpha value is -1.18. The Bertz CT molecular complexity index is 793. The maximum atomic E-state index is 11.7. The largest absolute Gasteiger partial charge is 0.348 e. The third-order valence-electron chi connectivity index (χ3n) is 4.64. The number of anilines is 1. The molecule has 1 aliphatic heterocycles. The molecule has 126 valence electrons. The fourth-order valence-corrected chi connectivity index (χ4v) is 4.92. The van der Waals surface area contributed by atoms with E-state index in [1.54, 1.807) is 18.4 Å². The van der Waals surface area contributed by atoms with Crippen LogP contribution in [0.2, 0.25) is 0 Å². The predicted molar refractivity (Wildman–Crippen MR) is 96.8 cm³/mol. The van der Waals surface area contributed by atoms with E-state index in [1.165, 1.54) is 20.8 Å². The Morgan fingerprint density at radius 3 is 2.65 bits per heavy atom. The molecule has 1 aromatic carbocycles. The molecule has 0 saturated carbocycles. The Balaban J connectivity index is 1.75. The molecule has 1 aromatic heterocycles. The number of aryl methyl sites for hydroxylation is 1. The van der Waals surface area contributed by atoms with Gasteiger partial charge in [0.05, 0.1) is 16.5 Å². The van der Waals surface area contributed by atoms with Gasteiger partial charge in [-0.05, 0) is 30.9 Å². The van der Waals surface area contributed by atoms with Crippen molar-refractivity contribution in [2.75, 3.05) is 31.3 Å². The Morgan fingerprint density at radius 1 is 1.35 bits per heavy atom. The van der Waals surface area contributed by atoms with Gasteiger partial charge in [-0.3, -0.25) is 0 Å². The van der Waals surface area contributed by atoms with Crippen molar-refractivity contribution in [3.05, 3.63) is 23.8 Å². The monoisotopic (exact) mass is 353 g/mol. The quantitative estimate of drug-likeness (QED) is 0.848. The van der Waals surface area contributed by atoms with Gasteiger partial charge in [-0.15, -0.1) is 0 Å². The molecule has 2 heterocycles. The summed E-state index contributed by atoms with van der Waals surface area (Å²) in [7, 11) is -1.43. The lowest BCUT2D eigenvalue weighted by atomic mass is 10.1. The van der Waals surface area contributed by atoms with Crippen LogP contribution in [0.25, 0.3) is 10.2 Å². The fraction of sp³-hybridized carbons (Fsp3) is 0.562. The van der Waals surface area contributed by atoms with Crippen LogP contribution in [-0.4, -0.2) is 50.1 Å². The minimum Gasteiger partial charge on any atom is -0.348 e. The molecule has 0 N–H and O–H groups in total. The first-order valence-electron chi connectivity index (χ1n) is 7.96. The number of rotatable bonds is 4. The van der Waals surface area contributed by atoms with Crippen molar-refractivity contribution in [3.63, 3.8) is 0 Å². The van der Waals surface area contributed by atoms with E-state index < -0.39 is 10.0 Å². The van der Waals surface area contributed by atoms with Crippen molar-refractivity contribution in [1.82, 2.24) is 9.29 Å². The molecule has 3 rings (SSSR count). The van der Waals surface area contributed by atoms with Crippen LogP contribution in [0.4, 0.5) is 5.13 Å². The van der Waals surface area contributed by atoms with Crippen LogP contribution >= 0.6 is 11.3 Å². The Labute approximate surface area is 142 Å². The van der Waals surface area contributed by atoms with Crippen molar-refractivity contribution < 1.29 is 8.42 Å². The third-order valence-corrected chi connectivity index (χ3v) is 7.07. The number of hydrogen-bond acceptors (Lipinski definition) is 5. The minimum atomic E-state index is -3.11. The van der Waals surface area contributed by atoms with Gasteiger partial charge in [-0.25, -0.2) is 17.7 Å². The van der Waals surface area contributed by atoms with E-state index >= 15 is 0 Å². The predicted octanol–water partition coefficient (Wildman–Crippen LogP) is 2.72. The number of aromatic nitrogens is 1. The van der Waals surface area contributed by atoms with Crippen LogP contribution in [0.1, 0.15) is 25.3 Å². The summed E-state index contributed by atoms with van der Waals surface area (Å²) in [6.07, 6.45) is 3.96. The molecule has 0 unspecified atom stereocenters. The average molecular weight is 354 g/mol.